The Kier molecular flexibility index (Phi) is 4.42. The minimum Gasteiger partial charge on any atom is -0.370 e. The van der Waals surface area contributed by atoms with E-state index in [0.717, 1.165) is 29.7 Å². The molecule has 1 aromatic rings. The quantitative estimate of drug-likeness (QED) is 0.684. The van der Waals surface area contributed by atoms with Crippen LogP contribution >= 0.6 is 15.9 Å². The topological polar surface area (TPSA) is 72.4 Å². The van der Waals surface area contributed by atoms with E-state index in [-0.39, 0.29) is 10.6 Å². The summed E-state index contributed by atoms with van der Waals surface area (Å²) in [5.74, 6) is 1.12. The fourth-order valence-electron chi connectivity index (χ4n) is 2.54. The zero-order valence-electron chi connectivity index (χ0n) is 10.9. The lowest BCUT2D eigenvalue weighted by Crippen LogP contribution is -2.42. The lowest BCUT2D eigenvalue weighted by Gasteiger charge is -2.38. The van der Waals surface area contributed by atoms with Crippen molar-refractivity contribution in [2.45, 2.75) is 13.3 Å². The Balaban J connectivity index is 2.20. The first-order valence-electron chi connectivity index (χ1n) is 6.42. The Morgan fingerprint density at radius 2 is 2.32 bits per heavy atom. The molecule has 1 saturated heterocycles. The van der Waals surface area contributed by atoms with Crippen LogP contribution in [0.15, 0.2) is 22.7 Å². The van der Waals surface area contributed by atoms with E-state index in [9.17, 15) is 10.1 Å². The van der Waals surface area contributed by atoms with Crippen LogP contribution in [0, 0.1) is 22.0 Å². The molecule has 19 heavy (non-hydrogen) atoms. The number of nitro benzene ring substituents is 1. The molecule has 2 unspecified atom stereocenters. The summed E-state index contributed by atoms with van der Waals surface area (Å²) >= 11 is 3.43. The molecule has 2 rings (SSSR count). The van der Waals surface area contributed by atoms with Crippen molar-refractivity contribution in [3.05, 3.63) is 32.8 Å². The van der Waals surface area contributed by atoms with Gasteiger partial charge in [-0.15, -0.1) is 0 Å². The lowest BCUT2D eigenvalue weighted by atomic mass is 9.87. The first-order chi connectivity index (χ1) is 9.02. The van der Waals surface area contributed by atoms with Crippen molar-refractivity contribution >= 4 is 27.3 Å². The van der Waals surface area contributed by atoms with Gasteiger partial charge in [-0.2, -0.15) is 0 Å². The number of hydrogen-bond donors (Lipinski definition) is 1. The van der Waals surface area contributed by atoms with Crippen LogP contribution in [0.4, 0.5) is 11.4 Å². The summed E-state index contributed by atoms with van der Waals surface area (Å²) in [6, 6.07) is 4.92. The zero-order valence-corrected chi connectivity index (χ0v) is 12.5. The summed E-state index contributed by atoms with van der Waals surface area (Å²) in [4.78, 5) is 12.6. The summed E-state index contributed by atoms with van der Waals surface area (Å²) in [5.41, 5.74) is 6.93. The van der Waals surface area contributed by atoms with Gasteiger partial charge in [0.2, 0.25) is 0 Å². The number of anilines is 1. The van der Waals surface area contributed by atoms with Crippen LogP contribution < -0.4 is 10.6 Å². The van der Waals surface area contributed by atoms with E-state index in [0.29, 0.717) is 18.4 Å². The molecule has 0 aromatic heterocycles. The first-order valence-corrected chi connectivity index (χ1v) is 7.21. The van der Waals surface area contributed by atoms with Gasteiger partial charge in [0.25, 0.3) is 5.69 Å². The Morgan fingerprint density at radius 3 is 2.89 bits per heavy atom. The normalized spacial score (nSPS) is 23.4. The highest BCUT2D eigenvalue weighted by Crippen LogP contribution is 2.34. The van der Waals surface area contributed by atoms with Gasteiger partial charge in [-0.25, -0.2) is 0 Å². The molecule has 0 amide bonds. The third-order valence-corrected chi connectivity index (χ3v) is 4.53. The third-order valence-electron chi connectivity index (χ3n) is 3.90. The number of piperidine rings is 1. The van der Waals surface area contributed by atoms with E-state index in [1.165, 1.54) is 0 Å². The molecule has 1 fully saturated rings. The fourth-order valence-corrected chi connectivity index (χ4v) is 3.16. The van der Waals surface area contributed by atoms with Gasteiger partial charge in [0.1, 0.15) is 0 Å². The number of non-ortho nitro benzene ring substituents is 1. The second-order valence-electron chi connectivity index (χ2n) is 5.10. The largest absolute Gasteiger partial charge is 0.370 e. The van der Waals surface area contributed by atoms with Crippen LogP contribution in [0.3, 0.4) is 0 Å². The number of nitrogens with two attached hydrogens (primary N) is 1. The maximum absolute atomic E-state index is 10.7. The highest BCUT2D eigenvalue weighted by Gasteiger charge is 2.26. The molecular formula is C13H18BrN3O2. The number of benzene rings is 1. The van der Waals surface area contributed by atoms with Gasteiger partial charge in [0.15, 0.2) is 0 Å². The molecule has 5 nitrogen and oxygen atoms in total. The van der Waals surface area contributed by atoms with Crippen molar-refractivity contribution in [2.24, 2.45) is 17.6 Å². The molecule has 2 N–H and O–H groups in total. The molecule has 2 atom stereocenters. The van der Waals surface area contributed by atoms with E-state index in [4.69, 9.17) is 5.73 Å². The maximum atomic E-state index is 10.7. The monoisotopic (exact) mass is 327 g/mol. The molecule has 1 aliphatic rings. The van der Waals surface area contributed by atoms with Crippen LogP contribution in [0.5, 0.6) is 0 Å². The summed E-state index contributed by atoms with van der Waals surface area (Å²) in [6.07, 6.45) is 1.10. The molecule has 1 heterocycles. The van der Waals surface area contributed by atoms with Crippen LogP contribution in [-0.4, -0.2) is 24.6 Å². The van der Waals surface area contributed by atoms with Gasteiger partial charge in [-0.3, -0.25) is 10.1 Å². The fraction of sp³-hybridized carbons (Fsp3) is 0.538. The number of nitro groups is 1. The van der Waals surface area contributed by atoms with Crippen molar-refractivity contribution in [3.63, 3.8) is 0 Å². The molecular weight excluding hydrogens is 310 g/mol. The summed E-state index contributed by atoms with van der Waals surface area (Å²) < 4.78 is 0.770. The molecule has 0 radical (unpaired) electrons. The van der Waals surface area contributed by atoms with Gasteiger partial charge in [-0.05, 0) is 46.8 Å². The number of nitrogens with zero attached hydrogens (tertiary/aromatic N) is 2. The van der Waals surface area contributed by atoms with Crippen LogP contribution in [-0.2, 0) is 0 Å². The first kappa shape index (κ1) is 14.3. The van der Waals surface area contributed by atoms with Crippen molar-refractivity contribution in [3.8, 4) is 0 Å². The van der Waals surface area contributed by atoms with Gasteiger partial charge >= 0.3 is 0 Å². The molecule has 0 saturated carbocycles. The highest BCUT2D eigenvalue weighted by molar-refractivity contribution is 9.10. The van der Waals surface area contributed by atoms with Crippen molar-refractivity contribution in [2.75, 3.05) is 24.5 Å². The molecule has 104 valence electrons. The number of rotatable bonds is 3. The van der Waals surface area contributed by atoms with Gasteiger partial charge in [0, 0.05) is 29.7 Å². The van der Waals surface area contributed by atoms with Crippen molar-refractivity contribution in [1.29, 1.82) is 0 Å². The minimum atomic E-state index is -0.379. The van der Waals surface area contributed by atoms with Crippen LogP contribution in [0.1, 0.15) is 13.3 Å². The summed E-state index contributed by atoms with van der Waals surface area (Å²) in [5, 5.41) is 10.7. The van der Waals surface area contributed by atoms with E-state index >= 15 is 0 Å². The molecule has 0 aliphatic carbocycles. The van der Waals surface area contributed by atoms with Crippen LogP contribution in [0.2, 0.25) is 0 Å². The van der Waals surface area contributed by atoms with Gasteiger partial charge < -0.3 is 10.6 Å². The second-order valence-corrected chi connectivity index (χ2v) is 5.95. The van der Waals surface area contributed by atoms with Gasteiger partial charge in [-0.1, -0.05) is 6.92 Å². The SMILES string of the molecule is CC1CCN(c2ccc([N+](=O)[O-])cc2Br)CC1CN. The predicted molar refractivity (Wildman–Crippen MR) is 79.3 cm³/mol. The molecule has 0 bridgehead atoms. The lowest BCUT2D eigenvalue weighted by molar-refractivity contribution is -0.384. The van der Waals surface area contributed by atoms with E-state index < -0.39 is 0 Å². The predicted octanol–water partition coefficient (Wildman–Crippen LogP) is 2.78. The Hall–Kier alpha value is -1.14. The van der Waals surface area contributed by atoms with E-state index in [1.807, 2.05) is 6.07 Å². The smallest absolute Gasteiger partial charge is 0.270 e. The van der Waals surface area contributed by atoms with Crippen molar-refractivity contribution in [1.82, 2.24) is 0 Å². The van der Waals surface area contributed by atoms with E-state index in [2.05, 4.69) is 27.8 Å². The average Bonchev–Trinajstić information content (AvgIpc) is 2.39. The molecule has 1 aromatic carbocycles. The minimum absolute atomic E-state index is 0.108. The van der Waals surface area contributed by atoms with Crippen molar-refractivity contribution < 1.29 is 4.92 Å². The third kappa shape index (κ3) is 3.06. The molecule has 0 spiro atoms. The second kappa shape index (κ2) is 5.88. The molecule has 1 aliphatic heterocycles. The molecule has 6 heteroatoms. The summed E-state index contributed by atoms with van der Waals surface area (Å²) in [6.45, 7) is 4.80. The Morgan fingerprint density at radius 1 is 1.58 bits per heavy atom. The average molecular weight is 328 g/mol. The number of hydrogen-bond acceptors (Lipinski definition) is 4. The maximum Gasteiger partial charge on any atom is 0.270 e. The highest BCUT2D eigenvalue weighted by atomic mass is 79.9. The Bertz CT molecular complexity index is 481. The number of halogens is 1. The van der Waals surface area contributed by atoms with E-state index in [1.54, 1.807) is 12.1 Å². The Labute approximate surface area is 121 Å². The van der Waals surface area contributed by atoms with Gasteiger partial charge in [0.05, 0.1) is 10.6 Å². The standard InChI is InChI=1S/C13H18BrN3O2/c1-9-4-5-16(8-10(9)7-15)13-3-2-11(17(18)19)6-12(13)14/h2-3,6,9-10H,4-5,7-8,15H2,1H3. The van der Waals surface area contributed by atoms with Crippen LogP contribution in [0.25, 0.3) is 0 Å². The zero-order chi connectivity index (χ0) is 14.0. The summed E-state index contributed by atoms with van der Waals surface area (Å²) in [7, 11) is 0.